The minimum absolute atomic E-state index is 0.385. The van der Waals surface area contributed by atoms with Crippen molar-refractivity contribution in [2.24, 2.45) is 0 Å². The van der Waals surface area contributed by atoms with Gasteiger partial charge in [-0.1, -0.05) is 0 Å². The van der Waals surface area contributed by atoms with Gasteiger partial charge in [0.25, 0.3) is 0 Å². The van der Waals surface area contributed by atoms with E-state index in [1.807, 2.05) is 38.1 Å². The van der Waals surface area contributed by atoms with Gasteiger partial charge in [0, 0.05) is 5.69 Å². The van der Waals surface area contributed by atoms with E-state index >= 15 is 0 Å². The molecule has 2 rings (SSSR count). The van der Waals surface area contributed by atoms with E-state index in [0.717, 1.165) is 11.4 Å². The van der Waals surface area contributed by atoms with Crippen LogP contribution >= 0.6 is 0 Å². The molecule has 106 valence electrons. The maximum Gasteiger partial charge on any atom is 0.242 e. The van der Waals surface area contributed by atoms with Gasteiger partial charge in [0.15, 0.2) is 5.82 Å². The fourth-order valence-electron chi connectivity index (χ4n) is 1.67. The van der Waals surface area contributed by atoms with Crippen molar-refractivity contribution in [1.29, 1.82) is 0 Å². The van der Waals surface area contributed by atoms with Crippen LogP contribution in [-0.4, -0.2) is 23.2 Å². The van der Waals surface area contributed by atoms with Crippen LogP contribution < -0.4 is 20.5 Å². The van der Waals surface area contributed by atoms with Crippen molar-refractivity contribution in [1.82, 2.24) is 9.97 Å². The second kappa shape index (κ2) is 6.60. The second-order valence-electron chi connectivity index (χ2n) is 3.96. The Hall–Kier alpha value is -2.50. The van der Waals surface area contributed by atoms with Gasteiger partial charge >= 0.3 is 0 Å². The predicted molar refractivity (Wildman–Crippen MR) is 78.5 cm³/mol. The molecule has 0 fully saturated rings. The number of anilines is 3. The van der Waals surface area contributed by atoms with Crippen molar-refractivity contribution < 1.29 is 9.47 Å². The molecule has 2 aromatic rings. The van der Waals surface area contributed by atoms with Crippen molar-refractivity contribution in [2.45, 2.75) is 13.8 Å². The molecule has 0 aliphatic heterocycles. The summed E-state index contributed by atoms with van der Waals surface area (Å²) in [5.41, 5.74) is 7.21. The molecule has 6 nitrogen and oxygen atoms in total. The molecule has 1 aromatic heterocycles. The summed E-state index contributed by atoms with van der Waals surface area (Å²) < 4.78 is 10.7. The number of aromatic nitrogens is 2. The molecule has 0 saturated heterocycles. The maximum atomic E-state index is 5.96. The molecular weight excluding hydrogens is 256 g/mol. The predicted octanol–water partition coefficient (Wildman–Crippen LogP) is 2.60. The van der Waals surface area contributed by atoms with Crippen molar-refractivity contribution in [2.75, 3.05) is 24.3 Å². The van der Waals surface area contributed by atoms with E-state index in [1.165, 1.54) is 6.33 Å². The normalized spacial score (nSPS) is 10.1. The molecule has 3 N–H and O–H groups in total. The average Bonchev–Trinajstić information content (AvgIpc) is 2.46. The highest BCUT2D eigenvalue weighted by molar-refractivity contribution is 5.72. The molecule has 0 radical (unpaired) electrons. The molecule has 0 bridgehead atoms. The quantitative estimate of drug-likeness (QED) is 0.842. The summed E-state index contributed by atoms with van der Waals surface area (Å²) in [5.74, 6) is 1.73. The minimum atomic E-state index is 0.385. The van der Waals surface area contributed by atoms with E-state index in [0.29, 0.717) is 30.6 Å². The van der Waals surface area contributed by atoms with Crippen molar-refractivity contribution in [3.05, 3.63) is 30.6 Å². The standard InChI is InChI=1S/C14H18N4O2/c1-3-19-11-7-5-10(6-8-11)18-13-12(15)14(20-4-2)17-9-16-13/h5-9H,3-4,15H2,1-2H3,(H,16,17,18). The Bertz CT molecular complexity index is 558. The third kappa shape index (κ3) is 3.28. The smallest absolute Gasteiger partial charge is 0.242 e. The van der Waals surface area contributed by atoms with E-state index in [2.05, 4.69) is 15.3 Å². The number of nitrogens with one attached hydrogen (secondary N) is 1. The summed E-state index contributed by atoms with van der Waals surface area (Å²) in [6, 6.07) is 7.55. The van der Waals surface area contributed by atoms with E-state index in [-0.39, 0.29) is 0 Å². The van der Waals surface area contributed by atoms with Crippen LogP contribution in [0.25, 0.3) is 0 Å². The van der Waals surface area contributed by atoms with Gasteiger partial charge in [0.2, 0.25) is 5.88 Å². The van der Waals surface area contributed by atoms with Crippen LogP contribution in [0.2, 0.25) is 0 Å². The molecule has 0 unspecified atom stereocenters. The maximum absolute atomic E-state index is 5.96. The number of hydrogen-bond acceptors (Lipinski definition) is 6. The van der Waals surface area contributed by atoms with E-state index < -0.39 is 0 Å². The van der Waals surface area contributed by atoms with Gasteiger partial charge < -0.3 is 20.5 Å². The largest absolute Gasteiger partial charge is 0.494 e. The van der Waals surface area contributed by atoms with Crippen LogP contribution in [0, 0.1) is 0 Å². The fourth-order valence-corrected chi connectivity index (χ4v) is 1.67. The first-order chi connectivity index (χ1) is 9.74. The van der Waals surface area contributed by atoms with Crippen LogP contribution in [0.1, 0.15) is 13.8 Å². The third-order valence-corrected chi connectivity index (χ3v) is 2.56. The lowest BCUT2D eigenvalue weighted by Crippen LogP contribution is -2.05. The lowest BCUT2D eigenvalue weighted by molar-refractivity contribution is 0.328. The molecule has 6 heteroatoms. The number of benzene rings is 1. The zero-order chi connectivity index (χ0) is 14.4. The summed E-state index contributed by atoms with van der Waals surface area (Å²) >= 11 is 0. The highest BCUT2D eigenvalue weighted by atomic mass is 16.5. The van der Waals surface area contributed by atoms with E-state index in [4.69, 9.17) is 15.2 Å². The lowest BCUT2D eigenvalue weighted by atomic mass is 10.3. The summed E-state index contributed by atoms with van der Waals surface area (Å²) in [5, 5.41) is 3.13. The topological polar surface area (TPSA) is 82.3 Å². The van der Waals surface area contributed by atoms with Crippen LogP contribution in [0.4, 0.5) is 17.2 Å². The molecular formula is C14H18N4O2. The van der Waals surface area contributed by atoms with Gasteiger partial charge in [-0.3, -0.25) is 0 Å². The molecule has 1 heterocycles. The number of nitrogens with two attached hydrogens (primary N) is 1. The Morgan fingerprint density at radius 3 is 2.40 bits per heavy atom. The monoisotopic (exact) mass is 274 g/mol. The highest BCUT2D eigenvalue weighted by Gasteiger charge is 2.09. The van der Waals surface area contributed by atoms with Crippen LogP contribution in [0.3, 0.4) is 0 Å². The Kier molecular flexibility index (Phi) is 4.60. The Morgan fingerprint density at radius 2 is 1.75 bits per heavy atom. The molecule has 0 aliphatic rings. The van der Waals surface area contributed by atoms with Gasteiger partial charge in [0.05, 0.1) is 13.2 Å². The number of ether oxygens (including phenoxy) is 2. The van der Waals surface area contributed by atoms with Crippen molar-refractivity contribution in [3.63, 3.8) is 0 Å². The lowest BCUT2D eigenvalue weighted by Gasteiger charge is -2.11. The fraction of sp³-hybridized carbons (Fsp3) is 0.286. The van der Waals surface area contributed by atoms with Crippen LogP contribution in [0.5, 0.6) is 11.6 Å². The average molecular weight is 274 g/mol. The first kappa shape index (κ1) is 13.9. The summed E-state index contributed by atoms with van der Waals surface area (Å²) in [7, 11) is 0. The van der Waals surface area contributed by atoms with Gasteiger partial charge in [-0.05, 0) is 38.1 Å². The van der Waals surface area contributed by atoms with Gasteiger partial charge in [-0.25, -0.2) is 4.98 Å². The number of nitrogen functional groups attached to an aromatic ring is 1. The summed E-state index contributed by atoms with van der Waals surface area (Å²) in [6.07, 6.45) is 1.41. The zero-order valence-corrected chi connectivity index (χ0v) is 11.6. The SMILES string of the molecule is CCOc1ccc(Nc2ncnc(OCC)c2N)cc1. The molecule has 0 atom stereocenters. The first-order valence-electron chi connectivity index (χ1n) is 6.47. The van der Waals surface area contributed by atoms with E-state index in [1.54, 1.807) is 0 Å². The second-order valence-corrected chi connectivity index (χ2v) is 3.96. The van der Waals surface area contributed by atoms with E-state index in [9.17, 15) is 0 Å². The third-order valence-electron chi connectivity index (χ3n) is 2.56. The number of nitrogens with zero attached hydrogens (tertiary/aromatic N) is 2. The summed E-state index contributed by atoms with van der Waals surface area (Å²) in [6.45, 7) is 4.97. The van der Waals surface area contributed by atoms with Crippen molar-refractivity contribution in [3.8, 4) is 11.6 Å². The zero-order valence-electron chi connectivity index (χ0n) is 11.6. The molecule has 0 saturated carbocycles. The first-order valence-corrected chi connectivity index (χ1v) is 6.47. The van der Waals surface area contributed by atoms with Gasteiger partial charge in [-0.2, -0.15) is 4.98 Å². The van der Waals surface area contributed by atoms with Crippen LogP contribution in [-0.2, 0) is 0 Å². The minimum Gasteiger partial charge on any atom is -0.494 e. The molecule has 0 amide bonds. The summed E-state index contributed by atoms with van der Waals surface area (Å²) in [4.78, 5) is 8.11. The number of rotatable bonds is 6. The Balaban J connectivity index is 2.15. The van der Waals surface area contributed by atoms with Crippen LogP contribution in [0.15, 0.2) is 30.6 Å². The molecule has 0 aliphatic carbocycles. The molecule has 20 heavy (non-hydrogen) atoms. The molecule has 0 spiro atoms. The van der Waals surface area contributed by atoms with Gasteiger partial charge in [0.1, 0.15) is 17.8 Å². The highest BCUT2D eigenvalue weighted by Crippen LogP contribution is 2.27. The Labute approximate surface area is 118 Å². The molecule has 1 aromatic carbocycles. The number of hydrogen-bond donors (Lipinski definition) is 2. The Morgan fingerprint density at radius 1 is 1.05 bits per heavy atom. The van der Waals surface area contributed by atoms with Crippen molar-refractivity contribution >= 4 is 17.2 Å². The van der Waals surface area contributed by atoms with Gasteiger partial charge in [-0.15, -0.1) is 0 Å².